The zero-order valence-corrected chi connectivity index (χ0v) is 13.3. The highest BCUT2D eigenvalue weighted by Gasteiger charge is 2.34. The van der Waals surface area contributed by atoms with E-state index < -0.39 is 0 Å². The van der Waals surface area contributed by atoms with Gasteiger partial charge in [-0.15, -0.1) is 11.3 Å². The van der Waals surface area contributed by atoms with Gasteiger partial charge in [0, 0.05) is 35.0 Å². The molecular weight excluding hydrogens is 308 g/mol. The summed E-state index contributed by atoms with van der Waals surface area (Å²) in [6.45, 7) is 4.98. The van der Waals surface area contributed by atoms with Gasteiger partial charge in [0.25, 0.3) is 0 Å². The number of nitrogens with zero attached hydrogens (tertiary/aromatic N) is 2. The van der Waals surface area contributed by atoms with Crippen LogP contribution in [0.15, 0.2) is 15.9 Å². The third-order valence-corrected chi connectivity index (χ3v) is 6.40. The Kier molecular flexibility index (Phi) is 4.09. The van der Waals surface area contributed by atoms with Crippen LogP contribution in [0.3, 0.4) is 0 Å². The van der Waals surface area contributed by atoms with E-state index in [0.29, 0.717) is 0 Å². The first-order chi connectivity index (χ1) is 8.74. The van der Waals surface area contributed by atoms with Crippen LogP contribution >= 0.6 is 27.3 Å². The fraction of sp³-hybridized carbons (Fsp3) is 0.714. The highest BCUT2D eigenvalue weighted by molar-refractivity contribution is 9.10. The highest BCUT2D eigenvalue weighted by Crippen LogP contribution is 2.31. The Morgan fingerprint density at radius 2 is 2.28 bits per heavy atom. The number of thiophene rings is 1. The molecule has 2 fully saturated rings. The van der Waals surface area contributed by atoms with E-state index in [1.165, 1.54) is 48.2 Å². The van der Waals surface area contributed by atoms with Crippen molar-refractivity contribution in [2.45, 2.75) is 31.8 Å². The van der Waals surface area contributed by atoms with Gasteiger partial charge in [0.1, 0.15) is 0 Å². The van der Waals surface area contributed by atoms with Gasteiger partial charge in [-0.2, -0.15) is 0 Å². The van der Waals surface area contributed by atoms with Crippen LogP contribution < -0.4 is 0 Å². The van der Waals surface area contributed by atoms with Crippen LogP contribution in [0.5, 0.6) is 0 Å². The summed E-state index contributed by atoms with van der Waals surface area (Å²) in [5.41, 5.74) is 0. The Hall–Kier alpha value is 0.100. The monoisotopic (exact) mass is 328 g/mol. The van der Waals surface area contributed by atoms with Crippen LogP contribution in [0, 0.1) is 5.92 Å². The number of halogens is 1. The highest BCUT2D eigenvalue weighted by atomic mass is 79.9. The Morgan fingerprint density at radius 1 is 1.39 bits per heavy atom. The van der Waals surface area contributed by atoms with Crippen molar-refractivity contribution >= 4 is 27.3 Å². The molecule has 1 aromatic heterocycles. The molecule has 2 saturated heterocycles. The minimum absolute atomic E-state index is 0.849. The number of likely N-dealkylation sites (tertiary alicyclic amines) is 2. The largest absolute Gasteiger partial charge is 0.303 e. The average Bonchev–Trinajstić information content (AvgIpc) is 2.75. The average molecular weight is 329 g/mol. The quantitative estimate of drug-likeness (QED) is 0.820. The molecule has 0 spiro atoms. The predicted octanol–water partition coefficient (Wildman–Crippen LogP) is 3.43. The molecule has 0 N–H and O–H groups in total. The summed E-state index contributed by atoms with van der Waals surface area (Å²) in [5.74, 6) is 0.899. The number of hydrogen-bond donors (Lipinski definition) is 0. The molecule has 3 rings (SSSR count). The molecule has 3 heterocycles. The molecule has 0 bridgehead atoms. The molecule has 0 amide bonds. The van der Waals surface area contributed by atoms with Gasteiger partial charge in [0.15, 0.2) is 0 Å². The van der Waals surface area contributed by atoms with E-state index >= 15 is 0 Å². The van der Waals surface area contributed by atoms with E-state index in [4.69, 9.17) is 0 Å². The van der Waals surface area contributed by atoms with Gasteiger partial charge < -0.3 is 4.90 Å². The molecule has 2 unspecified atom stereocenters. The van der Waals surface area contributed by atoms with Crippen LogP contribution in [-0.4, -0.2) is 42.5 Å². The number of piperidine rings is 2. The number of fused-ring (bicyclic) bond motifs is 1. The lowest BCUT2D eigenvalue weighted by molar-refractivity contribution is 0.0358. The van der Waals surface area contributed by atoms with Crippen LogP contribution in [0.2, 0.25) is 0 Å². The predicted molar refractivity (Wildman–Crippen MR) is 81.1 cm³/mol. The summed E-state index contributed by atoms with van der Waals surface area (Å²) >= 11 is 5.52. The second kappa shape index (κ2) is 5.61. The minimum Gasteiger partial charge on any atom is -0.303 e. The van der Waals surface area contributed by atoms with Crippen molar-refractivity contribution in [3.63, 3.8) is 0 Å². The number of hydrogen-bond acceptors (Lipinski definition) is 3. The SMILES string of the molecule is CN1CCCC2CN(Cc3sccc3Br)CCC21. The molecule has 0 aliphatic carbocycles. The standard InChI is InChI=1S/C14H21BrN2S/c1-16-6-2-3-11-9-17(7-4-13(11)16)10-14-12(15)5-8-18-14/h5,8,11,13H,2-4,6-7,9-10H2,1H3. The summed E-state index contributed by atoms with van der Waals surface area (Å²) in [4.78, 5) is 6.72. The van der Waals surface area contributed by atoms with Gasteiger partial charge >= 0.3 is 0 Å². The van der Waals surface area contributed by atoms with E-state index in [-0.39, 0.29) is 0 Å². The third-order valence-electron chi connectivity index (χ3n) is 4.49. The van der Waals surface area contributed by atoms with E-state index in [9.17, 15) is 0 Å². The molecule has 18 heavy (non-hydrogen) atoms. The van der Waals surface area contributed by atoms with Crippen molar-refractivity contribution in [3.05, 3.63) is 20.8 Å². The van der Waals surface area contributed by atoms with Crippen LogP contribution in [0.4, 0.5) is 0 Å². The Morgan fingerprint density at radius 3 is 3.06 bits per heavy atom. The second-order valence-corrected chi connectivity index (χ2v) is 7.52. The molecule has 2 aliphatic rings. The van der Waals surface area contributed by atoms with Gasteiger partial charge in [-0.1, -0.05) is 0 Å². The molecule has 2 nitrogen and oxygen atoms in total. The summed E-state index contributed by atoms with van der Waals surface area (Å²) in [6.07, 6.45) is 4.16. The first-order valence-electron chi connectivity index (χ1n) is 6.88. The molecule has 0 radical (unpaired) electrons. The first-order valence-corrected chi connectivity index (χ1v) is 8.56. The van der Waals surface area contributed by atoms with Crippen molar-refractivity contribution < 1.29 is 0 Å². The smallest absolute Gasteiger partial charge is 0.0339 e. The van der Waals surface area contributed by atoms with E-state index in [1.54, 1.807) is 0 Å². The van der Waals surface area contributed by atoms with Crippen molar-refractivity contribution in [2.24, 2.45) is 5.92 Å². The fourth-order valence-corrected chi connectivity index (χ4v) is 5.03. The lowest BCUT2D eigenvalue weighted by atomic mass is 9.84. The molecule has 1 aromatic rings. The van der Waals surface area contributed by atoms with Crippen LogP contribution in [0.1, 0.15) is 24.1 Å². The fourth-order valence-electron chi connectivity index (χ4n) is 3.51. The summed E-state index contributed by atoms with van der Waals surface area (Å²) in [5, 5.41) is 2.18. The maximum absolute atomic E-state index is 3.65. The first kappa shape index (κ1) is 13.1. The zero-order valence-electron chi connectivity index (χ0n) is 10.9. The second-order valence-electron chi connectivity index (χ2n) is 5.67. The molecule has 2 atom stereocenters. The van der Waals surface area contributed by atoms with Gasteiger partial charge in [-0.3, -0.25) is 4.90 Å². The lowest BCUT2D eigenvalue weighted by Crippen LogP contribution is -2.52. The third kappa shape index (κ3) is 2.67. The van der Waals surface area contributed by atoms with Crippen molar-refractivity contribution in [2.75, 3.05) is 26.7 Å². The maximum Gasteiger partial charge on any atom is 0.0339 e. The molecule has 0 saturated carbocycles. The minimum atomic E-state index is 0.849. The molecular formula is C14H21BrN2S. The Bertz CT molecular complexity index is 406. The van der Waals surface area contributed by atoms with E-state index in [2.05, 4.69) is 44.2 Å². The van der Waals surface area contributed by atoms with Gasteiger partial charge in [-0.25, -0.2) is 0 Å². The molecule has 100 valence electrons. The Labute approximate surface area is 122 Å². The zero-order chi connectivity index (χ0) is 12.5. The molecule has 0 aromatic carbocycles. The van der Waals surface area contributed by atoms with E-state index in [0.717, 1.165) is 18.5 Å². The lowest BCUT2D eigenvalue weighted by Gasteiger charge is -2.46. The van der Waals surface area contributed by atoms with Crippen molar-refractivity contribution in [1.29, 1.82) is 0 Å². The van der Waals surface area contributed by atoms with Gasteiger partial charge in [0.05, 0.1) is 0 Å². The normalized spacial score (nSPS) is 30.3. The molecule has 4 heteroatoms. The molecule has 2 aliphatic heterocycles. The van der Waals surface area contributed by atoms with E-state index in [1.807, 2.05) is 11.3 Å². The van der Waals surface area contributed by atoms with Crippen molar-refractivity contribution in [1.82, 2.24) is 9.80 Å². The van der Waals surface area contributed by atoms with Crippen molar-refractivity contribution in [3.8, 4) is 0 Å². The summed E-state index contributed by atoms with van der Waals surface area (Å²) < 4.78 is 1.29. The summed E-state index contributed by atoms with van der Waals surface area (Å²) in [6, 6.07) is 3.02. The maximum atomic E-state index is 3.65. The van der Waals surface area contributed by atoms with Crippen LogP contribution in [-0.2, 0) is 6.54 Å². The van der Waals surface area contributed by atoms with Gasteiger partial charge in [0.2, 0.25) is 0 Å². The summed E-state index contributed by atoms with van der Waals surface area (Å²) in [7, 11) is 2.31. The van der Waals surface area contributed by atoms with Crippen LogP contribution in [0.25, 0.3) is 0 Å². The topological polar surface area (TPSA) is 6.48 Å². The van der Waals surface area contributed by atoms with Gasteiger partial charge in [-0.05, 0) is 66.1 Å². The number of rotatable bonds is 2. The Balaban J connectivity index is 1.62.